The second-order valence-electron chi connectivity index (χ2n) is 7.99. The van der Waals surface area contributed by atoms with Gasteiger partial charge in [0.15, 0.2) is 6.10 Å². The molecule has 2 aliphatic rings. The zero-order valence-corrected chi connectivity index (χ0v) is 18.2. The van der Waals surface area contributed by atoms with E-state index in [1.807, 2.05) is 30.3 Å². The molecule has 3 aromatic carbocycles. The molecule has 3 atom stereocenters. The Morgan fingerprint density at radius 2 is 1.71 bits per heavy atom. The zero-order valence-electron chi connectivity index (χ0n) is 17.4. The molecule has 5 nitrogen and oxygen atoms in total. The lowest BCUT2D eigenvalue weighted by atomic mass is 9.93. The number of hydrogen-bond acceptors (Lipinski definition) is 4. The summed E-state index contributed by atoms with van der Waals surface area (Å²) in [6.45, 7) is 4.68. The van der Waals surface area contributed by atoms with Gasteiger partial charge in [0.1, 0.15) is 29.1 Å². The van der Waals surface area contributed by atoms with Crippen LogP contribution in [0.2, 0.25) is 0 Å². The van der Waals surface area contributed by atoms with E-state index in [0.29, 0.717) is 12.4 Å². The monoisotopic (exact) mass is 433 g/mol. The van der Waals surface area contributed by atoms with Gasteiger partial charge in [-0.1, -0.05) is 48.5 Å². The summed E-state index contributed by atoms with van der Waals surface area (Å²) in [6.07, 6.45) is 0.0478. The summed E-state index contributed by atoms with van der Waals surface area (Å²) in [4.78, 5) is 11.5. The van der Waals surface area contributed by atoms with Crippen LogP contribution in [0.5, 0.6) is 11.5 Å². The fourth-order valence-corrected chi connectivity index (χ4v) is 5.54. The quantitative estimate of drug-likeness (QED) is 0.647. The van der Waals surface area contributed by atoms with Crippen molar-refractivity contribution in [3.63, 3.8) is 0 Å². The summed E-state index contributed by atoms with van der Waals surface area (Å²) >= 11 is 0. The van der Waals surface area contributed by atoms with Crippen LogP contribution in [0.3, 0.4) is 0 Å². The molecule has 3 unspecified atom stereocenters. The second-order valence-corrected chi connectivity index (χ2v) is 9.36. The molecule has 2 aliphatic heterocycles. The van der Waals surface area contributed by atoms with Gasteiger partial charge in [-0.05, 0) is 48.2 Å². The molecule has 2 heterocycles. The number of nitrogens with one attached hydrogen (secondary N) is 1. The Hall–Kier alpha value is -3.12. The van der Waals surface area contributed by atoms with Crippen LogP contribution in [-0.2, 0) is 15.8 Å². The molecular weight excluding hydrogens is 410 g/mol. The lowest BCUT2D eigenvalue weighted by Crippen LogP contribution is -2.15. The molecule has 5 rings (SSSR count). The molecule has 1 amide bonds. The first-order valence-electron chi connectivity index (χ1n) is 10.3. The average molecular weight is 434 g/mol. The number of para-hydroxylation sites is 1. The van der Waals surface area contributed by atoms with Crippen LogP contribution in [-0.4, -0.2) is 16.7 Å². The third-order valence-corrected chi connectivity index (χ3v) is 7.28. The van der Waals surface area contributed by atoms with Crippen molar-refractivity contribution in [2.45, 2.75) is 31.6 Å². The van der Waals surface area contributed by atoms with E-state index in [-0.39, 0.29) is 23.7 Å². The van der Waals surface area contributed by atoms with E-state index in [1.165, 1.54) is 16.7 Å². The Morgan fingerprint density at radius 1 is 1.00 bits per heavy atom. The number of rotatable bonds is 4. The van der Waals surface area contributed by atoms with Gasteiger partial charge in [-0.3, -0.25) is 9.52 Å². The minimum Gasteiger partial charge on any atom is -0.488 e. The summed E-state index contributed by atoms with van der Waals surface area (Å²) in [7, 11) is -1.37. The van der Waals surface area contributed by atoms with Crippen molar-refractivity contribution in [2.24, 2.45) is 0 Å². The molecular formula is C25H23NO4S. The number of amides is 1. The summed E-state index contributed by atoms with van der Waals surface area (Å²) in [6, 6.07) is 20.0. The predicted molar refractivity (Wildman–Crippen MR) is 120 cm³/mol. The number of fused-ring (bicyclic) bond motifs is 1. The van der Waals surface area contributed by atoms with E-state index in [9.17, 15) is 9.00 Å². The summed E-state index contributed by atoms with van der Waals surface area (Å²) in [5.41, 5.74) is 6.64. The third-order valence-electron chi connectivity index (χ3n) is 5.90. The number of aryl methyl sites for hydroxylation is 2. The van der Waals surface area contributed by atoms with Crippen molar-refractivity contribution < 1.29 is 18.5 Å². The maximum Gasteiger partial charge on any atom is 0.233 e. The predicted octanol–water partition coefficient (Wildman–Crippen LogP) is 4.71. The number of ether oxygens (including phenoxy) is 2. The molecule has 1 saturated heterocycles. The van der Waals surface area contributed by atoms with Gasteiger partial charge in [-0.25, -0.2) is 4.21 Å². The highest BCUT2D eigenvalue weighted by atomic mass is 32.2. The minimum absolute atomic E-state index is 0.178. The van der Waals surface area contributed by atoms with E-state index in [4.69, 9.17) is 9.47 Å². The highest BCUT2D eigenvalue weighted by Crippen LogP contribution is 2.44. The summed E-state index contributed by atoms with van der Waals surface area (Å²) in [5, 5.41) is -0.308. The van der Waals surface area contributed by atoms with Crippen LogP contribution in [0.25, 0.3) is 11.1 Å². The largest absolute Gasteiger partial charge is 0.488 e. The second kappa shape index (κ2) is 7.85. The molecule has 6 heteroatoms. The van der Waals surface area contributed by atoms with Gasteiger partial charge < -0.3 is 9.47 Å². The molecule has 3 aromatic rings. The standard InChI is InChI=1S/C25H23NO4S/c1-15-5-3-6-16(2)24(15)20-8-4-7-19-21(14-29-25(19)20)30-18-11-9-17(10-12-18)22-13-23(27)26-31(22)28/h3-12,21-22H,13-14H2,1-2H3,(H,26,27). The number of benzene rings is 3. The van der Waals surface area contributed by atoms with E-state index >= 15 is 0 Å². The van der Waals surface area contributed by atoms with Crippen molar-refractivity contribution in [1.29, 1.82) is 0 Å². The molecule has 1 N–H and O–H groups in total. The highest BCUT2D eigenvalue weighted by Gasteiger charge is 2.31. The Kier molecular flexibility index (Phi) is 5.02. The smallest absolute Gasteiger partial charge is 0.233 e. The lowest BCUT2D eigenvalue weighted by Gasteiger charge is -2.15. The maximum atomic E-state index is 12.0. The number of carbonyl (C=O) groups excluding carboxylic acids is 1. The normalized spacial score (nSPS) is 22.0. The first-order valence-corrected chi connectivity index (χ1v) is 11.5. The van der Waals surface area contributed by atoms with Gasteiger partial charge in [0.2, 0.25) is 5.91 Å². The Balaban J connectivity index is 1.39. The zero-order chi connectivity index (χ0) is 21.5. The number of hydrogen-bond donors (Lipinski definition) is 1. The number of carbonyl (C=O) groups is 1. The van der Waals surface area contributed by atoms with E-state index < -0.39 is 11.0 Å². The van der Waals surface area contributed by atoms with E-state index in [1.54, 1.807) is 0 Å². The Bertz CT molecular complexity index is 1170. The van der Waals surface area contributed by atoms with Crippen LogP contribution in [0.4, 0.5) is 0 Å². The molecule has 0 saturated carbocycles. The molecule has 0 aromatic heterocycles. The van der Waals surface area contributed by atoms with E-state index in [2.05, 4.69) is 48.9 Å². The molecule has 158 valence electrons. The highest BCUT2D eigenvalue weighted by molar-refractivity contribution is 7.84. The first-order chi connectivity index (χ1) is 15.0. The fourth-order valence-electron chi connectivity index (χ4n) is 4.39. The Labute approximate surface area is 184 Å². The fraction of sp³-hybridized carbons (Fsp3) is 0.240. The van der Waals surface area contributed by atoms with Gasteiger partial charge in [0, 0.05) is 17.5 Å². The summed E-state index contributed by atoms with van der Waals surface area (Å²) in [5.74, 6) is 1.42. The van der Waals surface area contributed by atoms with Gasteiger partial charge in [0.05, 0.1) is 5.25 Å². The summed E-state index contributed by atoms with van der Waals surface area (Å²) < 4.78 is 26.8. The van der Waals surface area contributed by atoms with Crippen LogP contribution < -0.4 is 14.2 Å². The van der Waals surface area contributed by atoms with Crippen molar-refractivity contribution in [1.82, 2.24) is 4.72 Å². The molecule has 31 heavy (non-hydrogen) atoms. The van der Waals surface area contributed by atoms with Crippen LogP contribution in [0.15, 0.2) is 60.7 Å². The van der Waals surface area contributed by atoms with Gasteiger partial charge in [-0.2, -0.15) is 0 Å². The van der Waals surface area contributed by atoms with Crippen molar-refractivity contribution in [3.05, 3.63) is 82.9 Å². The van der Waals surface area contributed by atoms with Crippen LogP contribution in [0.1, 0.15) is 40.0 Å². The van der Waals surface area contributed by atoms with Gasteiger partial charge in [0.25, 0.3) is 0 Å². The van der Waals surface area contributed by atoms with Crippen LogP contribution in [0, 0.1) is 13.8 Å². The van der Waals surface area contributed by atoms with E-state index in [0.717, 1.165) is 22.4 Å². The van der Waals surface area contributed by atoms with Crippen molar-refractivity contribution >= 4 is 16.9 Å². The van der Waals surface area contributed by atoms with Crippen molar-refractivity contribution in [3.8, 4) is 22.6 Å². The SMILES string of the molecule is Cc1cccc(C)c1-c1cccc2c1OCC2Oc1ccc(C2CC(=O)NS2=O)cc1. The third kappa shape index (κ3) is 3.61. The molecule has 1 fully saturated rings. The lowest BCUT2D eigenvalue weighted by molar-refractivity contribution is -0.118. The first kappa shape index (κ1) is 19.8. The van der Waals surface area contributed by atoms with Crippen molar-refractivity contribution in [2.75, 3.05) is 6.61 Å². The van der Waals surface area contributed by atoms with Crippen LogP contribution >= 0.6 is 0 Å². The minimum atomic E-state index is -1.37. The average Bonchev–Trinajstić information content (AvgIpc) is 3.31. The molecule has 0 bridgehead atoms. The molecule has 0 radical (unpaired) electrons. The maximum absolute atomic E-state index is 12.0. The van der Waals surface area contributed by atoms with Gasteiger partial charge >= 0.3 is 0 Å². The molecule has 0 spiro atoms. The Morgan fingerprint density at radius 3 is 2.39 bits per heavy atom. The topological polar surface area (TPSA) is 64.6 Å². The molecule has 0 aliphatic carbocycles. The van der Waals surface area contributed by atoms with Gasteiger partial charge in [-0.15, -0.1) is 0 Å².